The molecule has 1 aromatic rings. The monoisotopic (exact) mass is 313 g/mol. The minimum atomic E-state index is -0.0705. The van der Waals surface area contributed by atoms with Crippen LogP contribution in [0.1, 0.15) is 12.8 Å². The number of halogens is 2. The highest BCUT2D eigenvalue weighted by molar-refractivity contribution is 6.42. The first-order valence-electron chi connectivity index (χ1n) is 6.88. The van der Waals surface area contributed by atoms with Gasteiger partial charge in [0.25, 0.3) is 0 Å². The summed E-state index contributed by atoms with van der Waals surface area (Å²) in [4.78, 5) is 16.5. The fraction of sp³-hybridized carbons (Fsp3) is 0.500. The topological polar surface area (TPSA) is 35.6 Å². The van der Waals surface area contributed by atoms with Crippen LogP contribution in [0.2, 0.25) is 10.0 Å². The molecule has 0 atom stereocenters. The lowest BCUT2D eigenvalue weighted by atomic mass is 10.3. The van der Waals surface area contributed by atoms with Gasteiger partial charge >= 0.3 is 6.03 Å². The molecule has 1 aromatic carbocycles. The highest BCUT2D eigenvalue weighted by Crippen LogP contribution is 2.28. The molecule has 20 heavy (non-hydrogen) atoms. The van der Waals surface area contributed by atoms with Crippen LogP contribution in [0.25, 0.3) is 0 Å². The molecule has 2 fully saturated rings. The van der Waals surface area contributed by atoms with Crippen LogP contribution in [-0.4, -0.2) is 48.1 Å². The van der Waals surface area contributed by atoms with Gasteiger partial charge in [0.1, 0.15) is 0 Å². The van der Waals surface area contributed by atoms with Gasteiger partial charge in [-0.1, -0.05) is 23.2 Å². The summed E-state index contributed by atoms with van der Waals surface area (Å²) >= 11 is 11.8. The summed E-state index contributed by atoms with van der Waals surface area (Å²) in [7, 11) is 0. The van der Waals surface area contributed by atoms with Crippen LogP contribution in [0.4, 0.5) is 10.5 Å². The summed E-state index contributed by atoms with van der Waals surface area (Å²) in [5, 5.41) is 3.80. The average Bonchev–Trinajstić information content (AvgIpc) is 3.28. The molecule has 1 N–H and O–H groups in total. The van der Waals surface area contributed by atoms with E-state index in [1.165, 1.54) is 12.8 Å². The molecule has 1 heterocycles. The molecule has 0 spiro atoms. The smallest absolute Gasteiger partial charge is 0.321 e. The molecule has 108 valence electrons. The van der Waals surface area contributed by atoms with Crippen molar-refractivity contribution >= 4 is 34.9 Å². The molecule has 2 aliphatic rings. The molecule has 1 saturated heterocycles. The second-order valence-electron chi connectivity index (χ2n) is 5.31. The molecule has 1 aliphatic carbocycles. The quantitative estimate of drug-likeness (QED) is 0.909. The lowest BCUT2D eigenvalue weighted by Crippen LogP contribution is -2.50. The number of carbonyl (C=O) groups excluding carboxylic acids is 1. The summed E-state index contributed by atoms with van der Waals surface area (Å²) in [6, 6.07) is 5.81. The summed E-state index contributed by atoms with van der Waals surface area (Å²) < 4.78 is 0. The number of hydrogen-bond acceptors (Lipinski definition) is 2. The Labute approximate surface area is 128 Å². The predicted molar refractivity (Wildman–Crippen MR) is 81.6 cm³/mol. The number of carbonyl (C=O) groups is 1. The lowest BCUT2D eigenvalue weighted by molar-refractivity contribution is 0.142. The Hall–Kier alpha value is -0.970. The maximum absolute atomic E-state index is 12.2. The van der Waals surface area contributed by atoms with E-state index in [4.69, 9.17) is 23.2 Å². The number of piperazine rings is 1. The Kier molecular flexibility index (Phi) is 4.06. The third-order valence-corrected chi connectivity index (χ3v) is 4.57. The second-order valence-corrected chi connectivity index (χ2v) is 6.13. The van der Waals surface area contributed by atoms with E-state index in [9.17, 15) is 4.79 Å². The van der Waals surface area contributed by atoms with E-state index in [1.807, 2.05) is 4.90 Å². The van der Waals surface area contributed by atoms with Gasteiger partial charge in [-0.05, 0) is 31.0 Å². The van der Waals surface area contributed by atoms with Crippen LogP contribution in [0.3, 0.4) is 0 Å². The molecule has 4 nitrogen and oxygen atoms in total. The SMILES string of the molecule is O=C(Nc1ccc(Cl)c(Cl)c1)N1CCN(C2CC2)CC1. The van der Waals surface area contributed by atoms with E-state index < -0.39 is 0 Å². The minimum absolute atomic E-state index is 0.0705. The highest BCUT2D eigenvalue weighted by Gasteiger charge is 2.32. The number of amides is 2. The number of nitrogens with zero attached hydrogens (tertiary/aromatic N) is 2. The Bertz CT molecular complexity index is 511. The third kappa shape index (κ3) is 3.19. The Morgan fingerprint density at radius 1 is 1.10 bits per heavy atom. The fourth-order valence-corrected chi connectivity index (χ4v) is 2.80. The van der Waals surface area contributed by atoms with E-state index in [0.717, 1.165) is 32.2 Å². The maximum Gasteiger partial charge on any atom is 0.321 e. The first-order chi connectivity index (χ1) is 9.63. The van der Waals surface area contributed by atoms with Gasteiger partial charge in [0.2, 0.25) is 0 Å². The zero-order chi connectivity index (χ0) is 14.1. The largest absolute Gasteiger partial charge is 0.322 e. The summed E-state index contributed by atoms with van der Waals surface area (Å²) in [5.74, 6) is 0. The molecular formula is C14H17Cl2N3O. The third-order valence-electron chi connectivity index (χ3n) is 3.84. The van der Waals surface area contributed by atoms with Crippen LogP contribution in [0.5, 0.6) is 0 Å². The Morgan fingerprint density at radius 2 is 1.80 bits per heavy atom. The van der Waals surface area contributed by atoms with Crippen molar-refractivity contribution in [1.29, 1.82) is 0 Å². The zero-order valence-electron chi connectivity index (χ0n) is 11.1. The molecule has 0 aromatic heterocycles. The lowest BCUT2D eigenvalue weighted by Gasteiger charge is -2.34. The van der Waals surface area contributed by atoms with Crippen molar-refractivity contribution in [3.8, 4) is 0 Å². The summed E-state index contributed by atoms with van der Waals surface area (Å²) in [5.41, 5.74) is 0.675. The fourth-order valence-electron chi connectivity index (χ4n) is 2.51. The van der Waals surface area contributed by atoms with Crippen molar-refractivity contribution in [1.82, 2.24) is 9.80 Å². The molecule has 1 saturated carbocycles. The second kappa shape index (κ2) is 5.80. The van der Waals surface area contributed by atoms with Gasteiger partial charge in [0.15, 0.2) is 0 Å². The van der Waals surface area contributed by atoms with Gasteiger partial charge in [-0.2, -0.15) is 0 Å². The number of urea groups is 1. The van der Waals surface area contributed by atoms with E-state index >= 15 is 0 Å². The van der Waals surface area contributed by atoms with Crippen molar-refractivity contribution < 1.29 is 4.79 Å². The molecule has 0 bridgehead atoms. The van der Waals surface area contributed by atoms with Crippen molar-refractivity contribution in [3.05, 3.63) is 28.2 Å². The normalized spacial score (nSPS) is 20.0. The first-order valence-corrected chi connectivity index (χ1v) is 7.64. The summed E-state index contributed by atoms with van der Waals surface area (Å²) in [6.45, 7) is 3.51. The van der Waals surface area contributed by atoms with Gasteiger partial charge in [-0.25, -0.2) is 4.79 Å². The van der Waals surface area contributed by atoms with Crippen LogP contribution < -0.4 is 5.32 Å². The molecule has 6 heteroatoms. The predicted octanol–water partition coefficient (Wildman–Crippen LogP) is 3.31. The van der Waals surface area contributed by atoms with E-state index in [2.05, 4.69) is 10.2 Å². The summed E-state index contributed by atoms with van der Waals surface area (Å²) in [6.07, 6.45) is 2.63. The molecule has 3 rings (SSSR count). The van der Waals surface area contributed by atoms with Gasteiger partial charge in [0.05, 0.1) is 10.0 Å². The van der Waals surface area contributed by atoms with Crippen LogP contribution in [-0.2, 0) is 0 Å². The number of nitrogens with one attached hydrogen (secondary N) is 1. The Balaban J connectivity index is 1.55. The molecule has 1 aliphatic heterocycles. The van der Waals surface area contributed by atoms with Gasteiger partial charge in [0, 0.05) is 37.9 Å². The molecule has 0 radical (unpaired) electrons. The number of rotatable bonds is 2. The minimum Gasteiger partial charge on any atom is -0.322 e. The van der Waals surface area contributed by atoms with Gasteiger partial charge in [-0.3, -0.25) is 4.90 Å². The van der Waals surface area contributed by atoms with Crippen molar-refractivity contribution in [2.45, 2.75) is 18.9 Å². The van der Waals surface area contributed by atoms with Gasteiger partial charge < -0.3 is 10.2 Å². The molecular weight excluding hydrogens is 297 g/mol. The standard InChI is InChI=1S/C14H17Cl2N3O/c15-12-4-1-10(9-13(12)16)17-14(20)19-7-5-18(6-8-19)11-2-3-11/h1,4,9,11H,2-3,5-8H2,(H,17,20). The number of anilines is 1. The van der Waals surface area contributed by atoms with Crippen LogP contribution >= 0.6 is 23.2 Å². The zero-order valence-corrected chi connectivity index (χ0v) is 12.6. The van der Waals surface area contributed by atoms with Crippen LogP contribution in [0.15, 0.2) is 18.2 Å². The van der Waals surface area contributed by atoms with Crippen molar-refractivity contribution in [3.63, 3.8) is 0 Å². The first kappa shape index (κ1) is 14.0. The van der Waals surface area contributed by atoms with E-state index in [1.54, 1.807) is 18.2 Å². The van der Waals surface area contributed by atoms with Crippen LogP contribution in [0, 0.1) is 0 Å². The maximum atomic E-state index is 12.2. The van der Waals surface area contributed by atoms with Gasteiger partial charge in [-0.15, -0.1) is 0 Å². The highest BCUT2D eigenvalue weighted by atomic mass is 35.5. The number of hydrogen-bond donors (Lipinski definition) is 1. The molecule has 0 unspecified atom stereocenters. The van der Waals surface area contributed by atoms with E-state index in [0.29, 0.717) is 15.7 Å². The van der Waals surface area contributed by atoms with Crippen molar-refractivity contribution in [2.24, 2.45) is 0 Å². The number of benzene rings is 1. The average molecular weight is 314 g/mol. The Morgan fingerprint density at radius 3 is 2.40 bits per heavy atom. The van der Waals surface area contributed by atoms with E-state index in [-0.39, 0.29) is 6.03 Å². The molecule has 2 amide bonds. The van der Waals surface area contributed by atoms with Crippen molar-refractivity contribution in [2.75, 3.05) is 31.5 Å².